The third kappa shape index (κ3) is 7.82. The van der Waals surface area contributed by atoms with E-state index in [1.807, 2.05) is 24.3 Å². The first kappa shape index (κ1) is 27.7. The number of esters is 1. The number of hydrogen-bond acceptors (Lipinski definition) is 4. The number of rotatable bonds is 13. The Bertz CT molecular complexity index is 1000. The third-order valence-electron chi connectivity index (χ3n) is 7.30. The van der Waals surface area contributed by atoms with Gasteiger partial charge in [-0.3, -0.25) is 0 Å². The number of halogens is 1. The smallest absolute Gasteiger partial charge is 0.341 e. The molecule has 194 valence electrons. The summed E-state index contributed by atoms with van der Waals surface area (Å²) in [6.07, 6.45) is 11.4. The topological polar surface area (TPSA) is 59.3 Å². The van der Waals surface area contributed by atoms with Gasteiger partial charge in [-0.1, -0.05) is 70.6 Å². The van der Waals surface area contributed by atoms with Gasteiger partial charge in [-0.25, -0.2) is 9.18 Å². The van der Waals surface area contributed by atoms with Crippen molar-refractivity contribution in [2.24, 2.45) is 5.41 Å². The van der Waals surface area contributed by atoms with Crippen LogP contribution in [0.4, 0.5) is 4.39 Å². The molecule has 0 amide bonds. The van der Waals surface area contributed by atoms with Gasteiger partial charge in [0.05, 0.1) is 23.7 Å². The molecule has 36 heavy (non-hydrogen) atoms. The molecular formula is C31H40FNO3. The second-order valence-corrected chi connectivity index (χ2v) is 10.1. The van der Waals surface area contributed by atoms with Gasteiger partial charge in [0.2, 0.25) is 0 Å². The molecule has 3 rings (SSSR count). The molecule has 0 spiro atoms. The number of ether oxygens (including phenoxy) is 2. The number of unbranched alkanes of at least 4 members (excludes halogenated alkanes) is 5. The van der Waals surface area contributed by atoms with Gasteiger partial charge in [0.1, 0.15) is 17.7 Å². The molecule has 2 aromatic rings. The summed E-state index contributed by atoms with van der Waals surface area (Å²) in [4.78, 5) is 12.7. The van der Waals surface area contributed by atoms with Crippen molar-refractivity contribution < 1.29 is 18.7 Å². The summed E-state index contributed by atoms with van der Waals surface area (Å²) in [6.45, 7) is 4.99. The monoisotopic (exact) mass is 493 g/mol. The summed E-state index contributed by atoms with van der Waals surface area (Å²) in [5.41, 5.74) is 1.19. The quantitative estimate of drug-likeness (QED) is 0.207. The van der Waals surface area contributed by atoms with Gasteiger partial charge in [-0.05, 0) is 73.9 Å². The SMILES string of the molecule is CCCCCCCC1(C#N)CCC(OC(=O)c2ccc(-c3ccc(OCCCC)cc3)cc2F)CC1. The van der Waals surface area contributed by atoms with Crippen molar-refractivity contribution in [3.63, 3.8) is 0 Å². The van der Waals surface area contributed by atoms with E-state index in [0.717, 1.165) is 49.8 Å². The highest BCUT2D eigenvalue weighted by molar-refractivity contribution is 5.90. The van der Waals surface area contributed by atoms with Crippen molar-refractivity contribution in [3.8, 4) is 22.9 Å². The van der Waals surface area contributed by atoms with Crippen LogP contribution in [0.15, 0.2) is 42.5 Å². The maximum absolute atomic E-state index is 14.9. The molecule has 0 aliphatic heterocycles. The third-order valence-corrected chi connectivity index (χ3v) is 7.30. The summed E-state index contributed by atoms with van der Waals surface area (Å²) in [6, 6.07) is 14.7. The molecule has 0 atom stereocenters. The molecular weight excluding hydrogens is 453 g/mol. The number of carbonyl (C=O) groups excluding carboxylic acids is 1. The minimum atomic E-state index is -0.632. The van der Waals surface area contributed by atoms with E-state index in [9.17, 15) is 14.4 Å². The summed E-state index contributed by atoms with van der Waals surface area (Å²) in [5, 5.41) is 9.80. The van der Waals surface area contributed by atoms with Crippen LogP contribution in [-0.4, -0.2) is 18.7 Å². The average molecular weight is 494 g/mol. The number of nitrogens with zero attached hydrogens (tertiary/aromatic N) is 1. The minimum absolute atomic E-state index is 0.0497. The van der Waals surface area contributed by atoms with Crippen molar-refractivity contribution in [2.75, 3.05) is 6.61 Å². The number of benzene rings is 2. The predicted molar refractivity (Wildman–Crippen MR) is 141 cm³/mol. The van der Waals surface area contributed by atoms with E-state index < -0.39 is 11.8 Å². The lowest BCUT2D eigenvalue weighted by atomic mass is 9.71. The minimum Gasteiger partial charge on any atom is -0.494 e. The van der Waals surface area contributed by atoms with Crippen LogP contribution in [0.5, 0.6) is 5.75 Å². The van der Waals surface area contributed by atoms with Crippen molar-refractivity contribution >= 4 is 5.97 Å². The lowest BCUT2D eigenvalue weighted by molar-refractivity contribution is 0.0100. The molecule has 0 aromatic heterocycles. The van der Waals surface area contributed by atoms with Gasteiger partial charge < -0.3 is 9.47 Å². The average Bonchev–Trinajstić information content (AvgIpc) is 2.90. The fourth-order valence-electron chi connectivity index (χ4n) is 4.90. The molecule has 1 saturated carbocycles. The van der Waals surface area contributed by atoms with Crippen LogP contribution < -0.4 is 4.74 Å². The van der Waals surface area contributed by atoms with Gasteiger partial charge in [-0.15, -0.1) is 0 Å². The van der Waals surface area contributed by atoms with Crippen LogP contribution in [0, 0.1) is 22.6 Å². The molecule has 1 aliphatic rings. The molecule has 2 aromatic carbocycles. The molecule has 1 aliphatic carbocycles. The van der Waals surface area contributed by atoms with Gasteiger partial charge in [0, 0.05) is 0 Å². The Labute approximate surface area is 215 Å². The Morgan fingerprint density at radius 2 is 1.64 bits per heavy atom. The van der Waals surface area contributed by atoms with Crippen molar-refractivity contribution in [1.29, 1.82) is 5.26 Å². The van der Waals surface area contributed by atoms with Crippen molar-refractivity contribution in [3.05, 3.63) is 53.8 Å². The maximum Gasteiger partial charge on any atom is 0.341 e. The van der Waals surface area contributed by atoms with Gasteiger partial charge in [0.25, 0.3) is 0 Å². The number of carbonyl (C=O) groups is 1. The second-order valence-electron chi connectivity index (χ2n) is 10.1. The van der Waals surface area contributed by atoms with E-state index >= 15 is 0 Å². The molecule has 0 radical (unpaired) electrons. The molecule has 0 bridgehead atoms. The Kier molecular flexibility index (Phi) is 10.8. The maximum atomic E-state index is 14.9. The molecule has 0 saturated heterocycles. The standard InChI is InChI=1S/C31H40FNO3/c1-3-5-7-8-9-18-31(23-33)19-16-27(17-20-31)36-30(34)28-15-12-25(22-29(28)32)24-10-13-26(14-11-24)35-21-6-4-2/h10-15,22,27H,3-9,16-21H2,1-2H3. The molecule has 5 heteroatoms. The zero-order valence-electron chi connectivity index (χ0n) is 21.9. The lowest BCUT2D eigenvalue weighted by Gasteiger charge is -2.34. The van der Waals surface area contributed by atoms with Crippen LogP contribution in [0.2, 0.25) is 0 Å². The van der Waals surface area contributed by atoms with Crippen LogP contribution in [-0.2, 0) is 4.74 Å². The first-order chi connectivity index (χ1) is 17.5. The normalized spacial score (nSPS) is 19.4. The second kappa shape index (κ2) is 14.0. The van der Waals surface area contributed by atoms with Crippen LogP contribution in [0.25, 0.3) is 11.1 Å². The Hall–Kier alpha value is -2.87. The Morgan fingerprint density at radius 1 is 0.972 bits per heavy atom. The van der Waals surface area contributed by atoms with Gasteiger partial charge in [-0.2, -0.15) is 5.26 Å². The predicted octanol–water partition coefficient (Wildman–Crippen LogP) is 8.64. The lowest BCUT2D eigenvalue weighted by Crippen LogP contribution is -2.31. The first-order valence-corrected chi connectivity index (χ1v) is 13.7. The van der Waals surface area contributed by atoms with Crippen molar-refractivity contribution in [1.82, 2.24) is 0 Å². The molecule has 0 unspecified atom stereocenters. The summed E-state index contributed by atoms with van der Waals surface area (Å²) >= 11 is 0. The van der Waals surface area contributed by atoms with Gasteiger partial charge >= 0.3 is 5.97 Å². The van der Waals surface area contributed by atoms with Crippen LogP contribution in [0.3, 0.4) is 0 Å². The Balaban J connectivity index is 1.52. The summed E-state index contributed by atoms with van der Waals surface area (Å²) in [7, 11) is 0. The fourth-order valence-corrected chi connectivity index (χ4v) is 4.90. The highest BCUT2D eigenvalue weighted by Gasteiger charge is 2.36. The van der Waals surface area contributed by atoms with E-state index in [2.05, 4.69) is 19.9 Å². The first-order valence-electron chi connectivity index (χ1n) is 13.7. The largest absolute Gasteiger partial charge is 0.494 e. The highest BCUT2D eigenvalue weighted by atomic mass is 19.1. The van der Waals surface area contributed by atoms with Crippen molar-refractivity contribution in [2.45, 2.75) is 97.0 Å². The van der Waals surface area contributed by atoms with Gasteiger partial charge in [0.15, 0.2) is 0 Å². The fraction of sp³-hybridized carbons (Fsp3) is 0.548. The zero-order chi connectivity index (χ0) is 25.8. The Morgan fingerprint density at radius 3 is 2.28 bits per heavy atom. The van der Waals surface area contributed by atoms with E-state index in [0.29, 0.717) is 25.0 Å². The summed E-state index contributed by atoms with van der Waals surface area (Å²) in [5.74, 6) is -0.431. The molecule has 0 heterocycles. The zero-order valence-corrected chi connectivity index (χ0v) is 21.9. The number of hydrogen-bond donors (Lipinski definition) is 0. The number of nitriles is 1. The summed E-state index contributed by atoms with van der Waals surface area (Å²) < 4.78 is 26.2. The molecule has 1 fully saturated rings. The highest BCUT2D eigenvalue weighted by Crippen LogP contribution is 2.41. The van der Waals surface area contributed by atoms with E-state index in [1.165, 1.54) is 37.8 Å². The van der Waals surface area contributed by atoms with E-state index in [1.54, 1.807) is 6.07 Å². The molecule has 4 nitrogen and oxygen atoms in total. The van der Waals surface area contributed by atoms with E-state index in [4.69, 9.17) is 9.47 Å². The van der Waals surface area contributed by atoms with Crippen LogP contribution >= 0.6 is 0 Å². The van der Waals surface area contributed by atoms with E-state index in [-0.39, 0.29) is 17.1 Å². The van der Waals surface area contributed by atoms with Crippen LogP contribution in [0.1, 0.15) is 101 Å². The molecule has 0 N–H and O–H groups in total.